The molecular formula is C24H28FN3O2S2. The Balaban J connectivity index is 1.51. The van der Waals surface area contributed by atoms with E-state index in [9.17, 15) is 12.8 Å². The van der Waals surface area contributed by atoms with E-state index in [0.29, 0.717) is 31.9 Å². The van der Waals surface area contributed by atoms with E-state index in [-0.39, 0.29) is 22.8 Å². The average molecular weight is 474 g/mol. The maximum Gasteiger partial charge on any atom is 0.240 e. The molecule has 3 aromatic rings. The molecule has 1 fully saturated rings. The van der Waals surface area contributed by atoms with Crippen molar-refractivity contribution in [2.75, 3.05) is 31.1 Å². The van der Waals surface area contributed by atoms with Gasteiger partial charge < -0.3 is 4.90 Å². The Kier molecular flexibility index (Phi) is 6.95. The largest absolute Gasteiger partial charge is 0.367 e. The number of sulfonamides is 1. The number of nitrogens with zero attached hydrogens (tertiary/aromatic N) is 2. The van der Waals surface area contributed by atoms with Crippen molar-refractivity contribution in [1.29, 1.82) is 0 Å². The highest BCUT2D eigenvalue weighted by molar-refractivity contribution is 7.89. The van der Waals surface area contributed by atoms with Crippen molar-refractivity contribution in [3.8, 4) is 0 Å². The van der Waals surface area contributed by atoms with Gasteiger partial charge in [0.1, 0.15) is 5.82 Å². The summed E-state index contributed by atoms with van der Waals surface area (Å²) in [5.74, 6) is -0.213. The molecule has 5 nitrogen and oxygen atoms in total. The Morgan fingerprint density at radius 3 is 2.28 bits per heavy atom. The number of piperazine rings is 1. The Hall–Kier alpha value is -2.26. The molecular weight excluding hydrogens is 445 g/mol. The number of nitrogens with one attached hydrogen (secondary N) is 1. The molecule has 0 spiro atoms. The summed E-state index contributed by atoms with van der Waals surface area (Å²) in [4.78, 5) is 5.73. The number of anilines is 1. The van der Waals surface area contributed by atoms with E-state index < -0.39 is 10.0 Å². The molecule has 0 unspecified atom stereocenters. The Bertz CT molecular complexity index is 1130. The lowest BCUT2D eigenvalue weighted by Gasteiger charge is -2.42. The van der Waals surface area contributed by atoms with Gasteiger partial charge in [-0.25, -0.2) is 17.5 Å². The van der Waals surface area contributed by atoms with Crippen LogP contribution in [0.5, 0.6) is 0 Å². The van der Waals surface area contributed by atoms with Gasteiger partial charge in [0.2, 0.25) is 10.0 Å². The van der Waals surface area contributed by atoms with Crippen LogP contribution >= 0.6 is 11.3 Å². The summed E-state index contributed by atoms with van der Waals surface area (Å²) < 4.78 is 43.1. The molecule has 32 heavy (non-hydrogen) atoms. The van der Waals surface area contributed by atoms with E-state index >= 15 is 0 Å². The zero-order valence-corrected chi connectivity index (χ0v) is 19.9. The van der Waals surface area contributed by atoms with E-state index in [1.165, 1.54) is 6.07 Å². The van der Waals surface area contributed by atoms with Gasteiger partial charge in [-0.3, -0.25) is 4.90 Å². The topological polar surface area (TPSA) is 52.7 Å². The first-order chi connectivity index (χ1) is 15.3. The van der Waals surface area contributed by atoms with Gasteiger partial charge in [0.25, 0.3) is 0 Å². The van der Waals surface area contributed by atoms with E-state index in [4.69, 9.17) is 0 Å². The maximum atomic E-state index is 14.2. The normalized spacial score (nSPS) is 17.3. The minimum atomic E-state index is -3.64. The van der Waals surface area contributed by atoms with Crippen molar-refractivity contribution in [2.45, 2.75) is 30.8 Å². The number of hydrogen-bond donors (Lipinski definition) is 1. The zero-order chi connectivity index (χ0) is 22.7. The molecule has 4 rings (SSSR count). The SMILES string of the molecule is Cc1ccc(S(=O)(=O)N[C@H](C)[C@@H](c2cccs2)N2CCN(c3ccccc3F)CC2)cc1. The lowest BCUT2D eigenvalue weighted by molar-refractivity contribution is 0.163. The van der Waals surface area contributed by atoms with Crippen LogP contribution in [-0.4, -0.2) is 45.5 Å². The summed E-state index contributed by atoms with van der Waals surface area (Å²) in [5, 5.41) is 2.01. The number of aryl methyl sites for hydroxylation is 1. The van der Waals surface area contributed by atoms with Crippen molar-refractivity contribution in [1.82, 2.24) is 9.62 Å². The van der Waals surface area contributed by atoms with Gasteiger partial charge in [-0.2, -0.15) is 0 Å². The van der Waals surface area contributed by atoms with E-state index in [1.807, 2.05) is 31.4 Å². The number of halogens is 1. The van der Waals surface area contributed by atoms with Crippen LogP contribution in [-0.2, 0) is 10.0 Å². The van der Waals surface area contributed by atoms with Crippen molar-refractivity contribution >= 4 is 27.0 Å². The Morgan fingerprint density at radius 1 is 0.969 bits per heavy atom. The van der Waals surface area contributed by atoms with Crippen molar-refractivity contribution in [3.63, 3.8) is 0 Å². The highest BCUT2D eigenvalue weighted by Gasteiger charge is 2.32. The smallest absolute Gasteiger partial charge is 0.240 e. The molecule has 8 heteroatoms. The second kappa shape index (κ2) is 9.70. The minimum Gasteiger partial charge on any atom is -0.367 e. The number of para-hydroxylation sites is 1. The minimum absolute atomic E-state index is 0.0991. The summed E-state index contributed by atoms with van der Waals surface area (Å²) in [7, 11) is -3.64. The Labute approximate surface area is 193 Å². The molecule has 1 aliphatic rings. The average Bonchev–Trinajstić information content (AvgIpc) is 3.29. The van der Waals surface area contributed by atoms with E-state index in [2.05, 4.69) is 20.6 Å². The highest BCUT2D eigenvalue weighted by Crippen LogP contribution is 2.31. The first-order valence-electron chi connectivity index (χ1n) is 10.7. The third-order valence-corrected chi connectivity index (χ3v) is 8.40. The number of thiophene rings is 1. The standard InChI is InChI=1S/C24H28FN3O2S2/c1-18-9-11-20(12-10-18)32(29,30)26-19(2)24(23-8-5-17-31-23)28-15-13-27(14-16-28)22-7-4-3-6-21(22)25/h3-12,17,19,24,26H,13-16H2,1-2H3/t19-,24+/m1/s1. The van der Waals surface area contributed by atoms with Gasteiger partial charge in [-0.05, 0) is 49.6 Å². The second-order valence-corrected chi connectivity index (χ2v) is 10.9. The molecule has 2 atom stereocenters. The number of hydrogen-bond acceptors (Lipinski definition) is 5. The molecule has 0 radical (unpaired) electrons. The van der Waals surface area contributed by atoms with Crippen LogP contribution in [0.3, 0.4) is 0 Å². The number of benzene rings is 2. The molecule has 170 valence electrons. The number of rotatable bonds is 7. The van der Waals surface area contributed by atoms with Crippen LogP contribution in [0.2, 0.25) is 0 Å². The lowest BCUT2D eigenvalue weighted by Crippen LogP contribution is -2.52. The van der Waals surface area contributed by atoms with Crippen LogP contribution in [0.4, 0.5) is 10.1 Å². The van der Waals surface area contributed by atoms with Gasteiger partial charge in [-0.15, -0.1) is 11.3 Å². The predicted octanol–water partition coefficient (Wildman–Crippen LogP) is 4.43. The van der Waals surface area contributed by atoms with Crippen LogP contribution < -0.4 is 9.62 Å². The third kappa shape index (κ3) is 5.04. The van der Waals surface area contributed by atoms with Crippen molar-refractivity contribution < 1.29 is 12.8 Å². The van der Waals surface area contributed by atoms with Gasteiger partial charge in [-0.1, -0.05) is 35.9 Å². The van der Waals surface area contributed by atoms with Gasteiger partial charge in [0.05, 0.1) is 16.6 Å². The predicted molar refractivity (Wildman–Crippen MR) is 128 cm³/mol. The second-order valence-electron chi connectivity index (χ2n) is 8.16. The van der Waals surface area contributed by atoms with Gasteiger partial charge in [0, 0.05) is 37.1 Å². The summed E-state index contributed by atoms with van der Waals surface area (Å²) in [6.45, 7) is 6.64. The van der Waals surface area contributed by atoms with Crippen LogP contribution in [0, 0.1) is 12.7 Å². The summed E-state index contributed by atoms with van der Waals surface area (Å²) in [5.41, 5.74) is 1.63. The van der Waals surface area contributed by atoms with E-state index in [0.717, 1.165) is 10.4 Å². The van der Waals surface area contributed by atoms with Crippen molar-refractivity contribution in [3.05, 3.63) is 82.3 Å². The van der Waals surface area contributed by atoms with Crippen LogP contribution in [0.15, 0.2) is 70.9 Å². The lowest BCUT2D eigenvalue weighted by atomic mass is 10.1. The maximum absolute atomic E-state index is 14.2. The summed E-state index contributed by atoms with van der Waals surface area (Å²) in [6, 6.07) is 17.3. The Morgan fingerprint density at radius 2 is 1.66 bits per heavy atom. The molecule has 2 aromatic carbocycles. The molecule has 0 amide bonds. The fraction of sp³-hybridized carbons (Fsp3) is 0.333. The first-order valence-corrected chi connectivity index (χ1v) is 13.1. The molecule has 0 bridgehead atoms. The molecule has 1 saturated heterocycles. The molecule has 0 aliphatic carbocycles. The third-order valence-electron chi connectivity index (χ3n) is 5.88. The first kappa shape index (κ1) is 22.9. The van der Waals surface area contributed by atoms with Gasteiger partial charge >= 0.3 is 0 Å². The van der Waals surface area contributed by atoms with Gasteiger partial charge in [0.15, 0.2) is 0 Å². The fourth-order valence-corrected chi connectivity index (χ4v) is 6.46. The van der Waals surface area contributed by atoms with E-state index in [1.54, 1.807) is 47.7 Å². The van der Waals surface area contributed by atoms with Crippen molar-refractivity contribution in [2.24, 2.45) is 0 Å². The highest BCUT2D eigenvalue weighted by atomic mass is 32.2. The fourth-order valence-electron chi connectivity index (χ4n) is 4.25. The molecule has 2 heterocycles. The summed E-state index contributed by atoms with van der Waals surface area (Å²) in [6.07, 6.45) is 0. The van der Waals surface area contributed by atoms with Crippen LogP contribution in [0.1, 0.15) is 23.4 Å². The molecule has 1 aliphatic heterocycles. The monoisotopic (exact) mass is 473 g/mol. The quantitative estimate of drug-likeness (QED) is 0.552. The summed E-state index contributed by atoms with van der Waals surface area (Å²) >= 11 is 1.63. The van der Waals surface area contributed by atoms with Crippen LogP contribution in [0.25, 0.3) is 0 Å². The molecule has 1 N–H and O–H groups in total. The zero-order valence-electron chi connectivity index (χ0n) is 18.2. The molecule has 1 aromatic heterocycles. The molecule has 0 saturated carbocycles.